The fourth-order valence-electron chi connectivity index (χ4n) is 1.32. The molecule has 0 saturated heterocycles. The van der Waals surface area contributed by atoms with Gasteiger partial charge in [0.15, 0.2) is 5.96 Å². The van der Waals surface area contributed by atoms with E-state index in [1.54, 1.807) is 0 Å². The molecule has 0 atom stereocenters. The van der Waals surface area contributed by atoms with Crippen LogP contribution in [0.3, 0.4) is 0 Å². The van der Waals surface area contributed by atoms with E-state index in [1.165, 1.54) is 12.8 Å². The Labute approximate surface area is 123 Å². The van der Waals surface area contributed by atoms with Gasteiger partial charge in [-0.1, -0.05) is 0 Å². The molecule has 0 aromatic rings. The fraction of sp³-hybridized carbons (Fsp3) is 0.917. The van der Waals surface area contributed by atoms with Gasteiger partial charge in [-0.15, -0.1) is 24.0 Å². The minimum Gasteiger partial charge on any atom is -0.357 e. The Bertz CT molecular complexity index is 227. The third-order valence-corrected chi connectivity index (χ3v) is 2.87. The first-order valence-electron chi connectivity index (χ1n) is 6.38. The van der Waals surface area contributed by atoms with Crippen LogP contribution in [0.25, 0.3) is 0 Å². The number of likely N-dealkylation sites (N-methyl/N-ethyl adjacent to an activating group) is 1. The molecule has 0 spiro atoms. The van der Waals surface area contributed by atoms with Crippen LogP contribution in [-0.2, 0) is 0 Å². The summed E-state index contributed by atoms with van der Waals surface area (Å²) in [5.41, 5.74) is 0. The minimum absolute atomic E-state index is 0. The summed E-state index contributed by atoms with van der Waals surface area (Å²) >= 11 is 0. The van der Waals surface area contributed by atoms with Crippen LogP contribution in [0.4, 0.5) is 0 Å². The van der Waals surface area contributed by atoms with Crippen LogP contribution in [0.5, 0.6) is 0 Å². The summed E-state index contributed by atoms with van der Waals surface area (Å²) < 4.78 is 0. The lowest BCUT2D eigenvalue weighted by molar-refractivity contribution is 0.282. The van der Waals surface area contributed by atoms with Crippen molar-refractivity contribution in [3.05, 3.63) is 0 Å². The summed E-state index contributed by atoms with van der Waals surface area (Å²) in [5, 5.41) is 6.69. The molecule has 0 radical (unpaired) electrons. The fourth-order valence-corrected chi connectivity index (χ4v) is 1.32. The van der Waals surface area contributed by atoms with Crippen LogP contribution in [0, 0.1) is 0 Å². The molecule has 1 fully saturated rings. The Morgan fingerprint density at radius 1 is 1.41 bits per heavy atom. The van der Waals surface area contributed by atoms with Crippen LogP contribution in [0.2, 0.25) is 0 Å². The number of hydrogen-bond acceptors (Lipinski definition) is 2. The molecule has 1 saturated carbocycles. The van der Waals surface area contributed by atoms with Crippen molar-refractivity contribution in [2.45, 2.75) is 45.7 Å². The van der Waals surface area contributed by atoms with E-state index in [9.17, 15) is 0 Å². The van der Waals surface area contributed by atoms with Crippen molar-refractivity contribution in [1.82, 2.24) is 15.5 Å². The molecule has 2 N–H and O–H groups in total. The van der Waals surface area contributed by atoms with E-state index in [2.05, 4.69) is 48.3 Å². The van der Waals surface area contributed by atoms with E-state index in [0.29, 0.717) is 12.1 Å². The van der Waals surface area contributed by atoms with Crippen LogP contribution in [0.1, 0.15) is 33.6 Å². The van der Waals surface area contributed by atoms with Gasteiger partial charge in [0.25, 0.3) is 0 Å². The van der Waals surface area contributed by atoms with Gasteiger partial charge in [-0.25, -0.2) is 0 Å². The number of aliphatic imine (C=N–C) groups is 1. The quantitative estimate of drug-likeness (QED) is 0.433. The van der Waals surface area contributed by atoms with Gasteiger partial charge >= 0.3 is 0 Å². The molecule has 17 heavy (non-hydrogen) atoms. The Morgan fingerprint density at radius 2 is 2.06 bits per heavy atom. The van der Waals surface area contributed by atoms with Crippen molar-refractivity contribution < 1.29 is 0 Å². The van der Waals surface area contributed by atoms with E-state index in [-0.39, 0.29) is 24.0 Å². The molecule has 0 unspecified atom stereocenters. The van der Waals surface area contributed by atoms with Crippen LogP contribution < -0.4 is 10.6 Å². The number of rotatable bonds is 6. The highest BCUT2D eigenvalue weighted by atomic mass is 127. The van der Waals surface area contributed by atoms with E-state index >= 15 is 0 Å². The number of hydrogen-bond donors (Lipinski definition) is 2. The summed E-state index contributed by atoms with van der Waals surface area (Å²) in [6.07, 6.45) is 2.58. The highest BCUT2D eigenvalue weighted by Crippen LogP contribution is 2.18. The monoisotopic (exact) mass is 354 g/mol. The molecule has 0 aromatic carbocycles. The van der Waals surface area contributed by atoms with Crippen molar-refractivity contribution in [2.24, 2.45) is 4.99 Å². The van der Waals surface area contributed by atoms with Gasteiger partial charge in [0, 0.05) is 25.2 Å². The summed E-state index contributed by atoms with van der Waals surface area (Å²) in [7, 11) is 2.14. The maximum absolute atomic E-state index is 4.57. The minimum atomic E-state index is 0. The van der Waals surface area contributed by atoms with Crippen LogP contribution >= 0.6 is 24.0 Å². The van der Waals surface area contributed by atoms with Gasteiger partial charge in [-0.3, -0.25) is 4.99 Å². The number of nitrogens with zero attached hydrogens (tertiary/aromatic N) is 2. The number of guanidine groups is 1. The van der Waals surface area contributed by atoms with E-state index in [4.69, 9.17) is 0 Å². The van der Waals surface area contributed by atoms with Gasteiger partial charge in [-0.05, 0) is 40.7 Å². The molecule has 0 aromatic heterocycles. The number of halogens is 1. The molecular weight excluding hydrogens is 327 g/mol. The Morgan fingerprint density at radius 3 is 2.53 bits per heavy atom. The third kappa shape index (κ3) is 7.81. The summed E-state index contributed by atoms with van der Waals surface area (Å²) in [4.78, 5) is 6.88. The standard InChI is InChI=1S/C12H26N4.HI/c1-5-13-12(15-11-6-7-11)14-8-9-16(4)10(2)3;/h10-11H,5-9H2,1-4H3,(H2,13,14,15);1H. The van der Waals surface area contributed by atoms with Crippen LogP contribution in [-0.4, -0.2) is 49.6 Å². The highest BCUT2D eigenvalue weighted by Gasteiger charge is 2.21. The predicted molar refractivity (Wildman–Crippen MR) is 85.3 cm³/mol. The molecule has 102 valence electrons. The van der Waals surface area contributed by atoms with E-state index in [1.807, 2.05) is 0 Å². The Balaban J connectivity index is 0.00000256. The largest absolute Gasteiger partial charge is 0.357 e. The molecule has 5 heteroatoms. The first-order valence-corrected chi connectivity index (χ1v) is 6.38. The lowest BCUT2D eigenvalue weighted by atomic mass is 10.3. The van der Waals surface area contributed by atoms with Crippen LogP contribution in [0.15, 0.2) is 4.99 Å². The van der Waals surface area contributed by atoms with Crippen molar-refractivity contribution in [3.8, 4) is 0 Å². The lowest BCUT2D eigenvalue weighted by Crippen LogP contribution is -2.39. The van der Waals surface area contributed by atoms with E-state index < -0.39 is 0 Å². The molecule has 0 amide bonds. The molecular formula is C12H27IN4. The van der Waals surface area contributed by atoms with E-state index in [0.717, 1.165) is 25.6 Å². The zero-order chi connectivity index (χ0) is 12.0. The smallest absolute Gasteiger partial charge is 0.191 e. The topological polar surface area (TPSA) is 39.7 Å². The SMILES string of the molecule is CCNC(=NCCN(C)C(C)C)NC1CC1.I. The predicted octanol–water partition coefficient (Wildman–Crippen LogP) is 1.66. The zero-order valence-electron chi connectivity index (χ0n) is 11.5. The molecule has 0 bridgehead atoms. The van der Waals surface area contributed by atoms with Crippen molar-refractivity contribution >= 4 is 29.9 Å². The van der Waals surface area contributed by atoms with Gasteiger partial charge in [0.1, 0.15) is 0 Å². The highest BCUT2D eigenvalue weighted by molar-refractivity contribution is 14.0. The van der Waals surface area contributed by atoms with Gasteiger partial charge in [0.2, 0.25) is 0 Å². The second-order valence-electron chi connectivity index (χ2n) is 4.75. The molecule has 1 aliphatic carbocycles. The van der Waals surface area contributed by atoms with Gasteiger partial charge in [-0.2, -0.15) is 0 Å². The molecule has 4 nitrogen and oxygen atoms in total. The molecule has 1 rings (SSSR count). The summed E-state index contributed by atoms with van der Waals surface area (Å²) in [5.74, 6) is 0.974. The average molecular weight is 354 g/mol. The van der Waals surface area contributed by atoms with Crippen molar-refractivity contribution in [1.29, 1.82) is 0 Å². The molecule has 0 heterocycles. The van der Waals surface area contributed by atoms with Gasteiger partial charge < -0.3 is 15.5 Å². The van der Waals surface area contributed by atoms with Crippen molar-refractivity contribution in [3.63, 3.8) is 0 Å². The maximum Gasteiger partial charge on any atom is 0.191 e. The normalized spacial score (nSPS) is 16.0. The first-order chi connectivity index (χ1) is 7.63. The average Bonchev–Trinajstić information content (AvgIpc) is 3.01. The summed E-state index contributed by atoms with van der Waals surface area (Å²) in [6, 6.07) is 1.26. The second-order valence-corrected chi connectivity index (χ2v) is 4.75. The Kier molecular flexibility index (Phi) is 8.94. The number of nitrogens with one attached hydrogen (secondary N) is 2. The van der Waals surface area contributed by atoms with Crippen molar-refractivity contribution in [2.75, 3.05) is 26.7 Å². The maximum atomic E-state index is 4.57. The molecule has 1 aliphatic rings. The third-order valence-electron chi connectivity index (χ3n) is 2.87. The Hall–Kier alpha value is -0.0400. The molecule has 0 aliphatic heterocycles. The lowest BCUT2D eigenvalue weighted by Gasteiger charge is -2.20. The summed E-state index contributed by atoms with van der Waals surface area (Å²) in [6.45, 7) is 9.31. The first kappa shape index (κ1) is 17.0. The second kappa shape index (κ2) is 8.97. The zero-order valence-corrected chi connectivity index (χ0v) is 13.8. The van der Waals surface area contributed by atoms with Gasteiger partial charge in [0.05, 0.1) is 6.54 Å².